The highest BCUT2D eigenvalue weighted by atomic mass is 16.5. The van der Waals surface area contributed by atoms with E-state index >= 15 is 0 Å². The Morgan fingerprint density at radius 3 is 1.98 bits per heavy atom. The summed E-state index contributed by atoms with van der Waals surface area (Å²) >= 11 is 0. The first-order valence-electron chi connectivity index (χ1n) is 16.6. The zero-order chi connectivity index (χ0) is 32.5. The fourth-order valence-electron chi connectivity index (χ4n) is 8.99. The lowest BCUT2D eigenvalue weighted by atomic mass is 9.45. The minimum absolute atomic E-state index is 0.00190. The van der Waals surface area contributed by atoms with Gasteiger partial charge >= 0.3 is 0 Å². The molecule has 0 aromatic heterocycles. The molecule has 5 nitrogen and oxygen atoms in total. The van der Waals surface area contributed by atoms with E-state index in [1.54, 1.807) is 0 Å². The molecule has 2 aromatic carbocycles. The van der Waals surface area contributed by atoms with Gasteiger partial charge in [0.25, 0.3) is 0 Å². The van der Waals surface area contributed by atoms with E-state index in [1.807, 2.05) is 66.7 Å². The maximum Gasteiger partial charge on any atom is 0.163 e. The number of hydrogen-bond donors (Lipinski definition) is 3. The Morgan fingerprint density at radius 1 is 0.826 bits per heavy atom. The molecule has 3 N–H and O–H groups in total. The summed E-state index contributed by atoms with van der Waals surface area (Å²) in [6, 6.07) is 19.8. The molecular formula is C41H46O5. The predicted octanol–water partition coefficient (Wildman–Crippen LogP) is 6.56. The van der Waals surface area contributed by atoms with Gasteiger partial charge < -0.3 is 24.8 Å². The van der Waals surface area contributed by atoms with Crippen LogP contribution in [0.2, 0.25) is 0 Å². The highest BCUT2D eigenvalue weighted by molar-refractivity contribution is 5.35. The molecule has 0 bridgehead atoms. The molecule has 0 aliphatic heterocycles. The van der Waals surface area contributed by atoms with Crippen molar-refractivity contribution in [1.29, 1.82) is 0 Å². The number of rotatable bonds is 6. The fourth-order valence-corrected chi connectivity index (χ4v) is 8.99. The molecule has 0 heterocycles. The van der Waals surface area contributed by atoms with E-state index in [2.05, 4.69) is 56.8 Å². The Bertz CT molecular complexity index is 1590. The summed E-state index contributed by atoms with van der Waals surface area (Å²) in [5.74, 6) is 13.5. The van der Waals surface area contributed by atoms with Gasteiger partial charge in [-0.05, 0) is 85.0 Å². The second kappa shape index (κ2) is 12.8. The molecular weight excluding hydrogens is 572 g/mol. The lowest BCUT2D eigenvalue weighted by molar-refractivity contribution is -0.170. The first kappa shape index (κ1) is 32.2. The predicted molar refractivity (Wildman–Crippen MR) is 179 cm³/mol. The average molecular weight is 619 g/mol. The summed E-state index contributed by atoms with van der Waals surface area (Å²) in [4.78, 5) is 0. The number of aliphatic hydroxyl groups excluding tert-OH is 2. The normalized spacial score (nSPS) is 37.2. The molecule has 0 spiro atoms. The minimum atomic E-state index is -1.05. The van der Waals surface area contributed by atoms with Crippen LogP contribution < -0.4 is 0 Å². The second-order valence-electron chi connectivity index (χ2n) is 14.3. The molecule has 6 rings (SSSR count). The van der Waals surface area contributed by atoms with Gasteiger partial charge in [0.15, 0.2) is 11.5 Å². The lowest BCUT2D eigenvalue weighted by Crippen LogP contribution is -2.61. The van der Waals surface area contributed by atoms with Crippen molar-refractivity contribution < 1.29 is 24.8 Å². The summed E-state index contributed by atoms with van der Waals surface area (Å²) in [5, 5.41) is 34.3. The Kier molecular flexibility index (Phi) is 8.97. The van der Waals surface area contributed by atoms with E-state index in [-0.39, 0.29) is 29.1 Å². The van der Waals surface area contributed by atoms with Crippen molar-refractivity contribution >= 4 is 0 Å². The van der Waals surface area contributed by atoms with E-state index in [1.165, 1.54) is 0 Å². The maximum absolute atomic E-state index is 12.0. The summed E-state index contributed by atoms with van der Waals surface area (Å²) < 4.78 is 11.8. The number of fused-ring (bicyclic) bond motifs is 5. The Hall–Kier alpha value is -3.74. The Morgan fingerprint density at radius 2 is 1.39 bits per heavy atom. The van der Waals surface area contributed by atoms with Crippen LogP contribution in [0.1, 0.15) is 57.1 Å². The first-order chi connectivity index (χ1) is 22.0. The quantitative estimate of drug-likeness (QED) is 0.194. The first-order valence-corrected chi connectivity index (χ1v) is 16.6. The summed E-state index contributed by atoms with van der Waals surface area (Å²) in [6.45, 7) is 13.2. The number of benzene rings is 2. The van der Waals surface area contributed by atoms with E-state index in [0.29, 0.717) is 37.6 Å². The third-order valence-electron chi connectivity index (χ3n) is 11.6. The topological polar surface area (TPSA) is 79.2 Å². The van der Waals surface area contributed by atoms with Crippen molar-refractivity contribution in [1.82, 2.24) is 0 Å². The third kappa shape index (κ3) is 5.93. The van der Waals surface area contributed by atoms with Crippen molar-refractivity contribution in [3.8, 4) is 23.7 Å². The third-order valence-corrected chi connectivity index (χ3v) is 11.6. The Balaban J connectivity index is 1.31. The van der Waals surface area contributed by atoms with Crippen LogP contribution in [0.4, 0.5) is 0 Å². The van der Waals surface area contributed by atoms with Crippen LogP contribution in [0, 0.1) is 64.1 Å². The highest BCUT2D eigenvalue weighted by Gasteiger charge is 2.66. The molecule has 4 aliphatic carbocycles. The van der Waals surface area contributed by atoms with Crippen LogP contribution in [0.3, 0.4) is 0 Å². The van der Waals surface area contributed by atoms with E-state index < -0.39 is 29.1 Å². The summed E-state index contributed by atoms with van der Waals surface area (Å²) in [5.41, 5.74) is 0.212. The van der Waals surface area contributed by atoms with Gasteiger partial charge in [-0.15, -0.1) is 0 Å². The SMILES string of the molecule is C=C(C#CC1C(C#CC(=C)OCc2ccccc2)[C@H]2[C@@H]3C=CC4(O)CC(O)CC[C@]4(C)[C@@H]3CC[C@]2(C)C1O)OCc1ccccc1. The van der Waals surface area contributed by atoms with Crippen LogP contribution in [-0.4, -0.2) is 33.1 Å². The Labute approximate surface area is 274 Å². The van der Waals surface area contributed by atoms with Gasteiger partial charge in [0.1, 0.15) is 13.2 Å². The van der Waals surface area contributed by atoms with Crippen LogP contribution in [0.5, 0.6) is 0 Å². The fraction of sp³-hybridized carbons (Fsp3) is 0.463. The highest BCUT2D eigenvalue weighted by Crippen LogP contribution is 2.67. The van der Waals surface area contributed by atoms with Gasteiger partial charge in [0.2, 0.25) is 0 Å². The molecule has 3 saturated carbocycles. The molecule has 46 heavy (non-hydrogen) atoms. The lowest BCUT2D eigenvalue weighted by Gasteiger charge is -2.61. The molecule has 0 radical (unpaired) electrons. The molecule has 2 aromatic rings. The molecule has 4 aliphatic rings. The van der Waals surface area contributed by atoms with Crippen LogP contribution in [0.25, 0.3) is 0 Å². The summed E-state index contributed by atoms with van der Waals surface area (Å²) in [6.07, 6.45) is 6.37. The molecule has 10 atom stereocenters. The standard InChI is InChI=1S/C41H46O5/c1-28(45-26-30-11-7-5-8-12-30)15-17-33-34(18-16-29(2)46-27-31-13-9-6-10-14-31)38(43)39(3)22-21-36-35(37(33)39)20-24-41(44)25-32(42)19-23-40(36,41)4/h5-14,20,24,32-38,42-44H,1-2,19,21-23,25-27H2,3-4H3/t32?,33?,34?,35-,36-,37+,38?,39+,40-,41?/m1/s1. The van der Waals surface area contributed by atoms with E-state index in [9.17, 15) is 15.3 Å². The zero-order valence-corrected chi connectivity index (χ0v) is 27.0. The molecule has 0 amide bonds. The molecule has 5 heteroatoms. The van der Waals surface area contributed by atoms with Crippen molar-refractivity contribution in [2.24, 2.45) is 40.4 Å². The van der Waals surface area contributed by atoms with Gasteiger partial charge in [-0.1, -0.05) is 98.5 Å². The monoisotopic (exact) mass is 618 g/mol. The van der Waals surface area contributed by atoms with Crippen molar-refractivity contribution in [2.45, 2.75) is 77.0 Å². The van der Waals surface area contributed by atoms with Gasteiger partial charge in [-0.3, -0.25) is 0 Å². The molecule has 3 fully saturated rings. The maximum atomic E-state index is 12.0. The van der Waals surface area contributed by atoms with Gasteiger partial charge in [0.05, 0.1) is 23.7 Å². The average Bonchev–Trinajstić information content (AvgIpc) is 3.27. The van der Waals surface area contributed by atoms with Crippen LogP contribution in [-0.2, 0) is 22.7 Å². The van der Waals surface area contributed by atoms with E-state index in [0.717, 1.165) is 30.4 Å². The number of aliphatic hydroxyl groups is 3. The van der Waals surface area contributed by atoms with Crippen molar-refractivity contribution in [2.75, 3.05) is 0 Å². The molecule has 240 valence electrons. The van der Waals surface area contributed by atoms with Crippen LogP contribution in [0.15, 0.2) is 97.5 Å². The van der Waals surface area contributed by atoms with Crippen molar-refractivity contribution in [3.63, 3.8) is 0 Å². The largest absolute Gasteiger partial charge is 0.481 e. The van der Waals surface area contributed by atoms with Gasteiger partial charge in [-0.25, -0.2) is 0 Å². The van der Waals surface area contributed by atoms with Crippen molar-refractivity contribution in [3.05, 3.63) is 109 Å². The zero-order valence-electron chi connectivity index (χ0n) is 27.0. The van der Waals surface area contributed by atoms with Gasteiger partial charge in [0, 0.05) is 17.8 Å². The minimum Gasteiger partial charge on any atom is -0.481 e. The second-order valence-corrected chi connectivity index (χ2v) is 14.3. The molecule has 0 saturated heterocycles. The smallest absolute Gasteiger partial charge is 0.163 e. The van der Waals surface area contributed by atoms with E-state index in [4.69, 9.17) is 9.47 Å². The van der Waals surface area contributed by atoms with Gasteiger partial charge in [-0.2, -0.15) is 0 Å². The summed E-state index contributed by atoms with van der Waals surface area (Å²) in [7, 11) is 0. The number of hydrogen-bond acceptors (Lipinski definition) is 5. The number of allylic oxidation sites excluding steroid dienone is 3. The van der Waals surface area contributed by atoms with Crippen LogP contribution >= 0.6 is 0 Å². The number of ether oxygens (including phenoxy) is 2. The molecule has 5 unspecified atom stereocenters.